The van der Waals surface area contributed by atoms with E-state index in [-0.39, 0.29) is 11.9 Å². The Balaban J connectivity index is 1.34. The van der Waals surface area contributed by atoms with Crippen LogP contribution in [0.4, 0.5) is 5.69 Å². The quantitative estimate of drug-likeness (QED) is 0.893. The molecule has 1 unspecified atom stereocenters. The molecule has 6 heteroatoms. The van der Waals surface area contributed by atoms with Gasteiger partial charge < -0.3 is 15.0 Å². The summed E-state index contributed by atoms with van der Waals surface area (Å²) in [5.41, 5.74) is 1.48. The van der Waals surface area contributed by atoms with Crippen LogP contribution in [0.1, 0.15) is 25.7 Å². The van der Waals surface area contributed by atoms with Gasteiger partial charge in [-0.3, -0.25) is 9.78 Å². The number of piperidine rings is 1. The normalized spacial score (nSPS) is 27.3. The van der Waals surface area contributed by atoms with E-state index >= 15 is 0 Å². The zero-order chi connectivity index (χ0) is 15.9. The van der Waals surface area contributed by atoms with E-state index in [1.54, 1.807) is 12.4 Å². The Morgan fingerprint density at radius 1 is 1.13 bits per heavy atom. The van der Waals surface area contributed by atoms with E-state index in [9.17, 15) is 10.0 Å². The summed E-state index contributed by atoms with van der Waals surface area (Å²) in [5.74, 6) is 0.0948. The first-order chi connectivity index (χ1) is 11.2. The molecular formula is C17H24N4O2. The number of hydrogen-bond donors (Lipinski definition) is 1. The number of piperazine rings is 1. The second-order valence-corrected chi connectivity index (χ2v) is 7.17. The molecule has 1 saturated carbocycles. The average Bonchev–Trinajstić information content (AvgIpc) is 3.34. The summed E-state index contributed by atoms with van der Waals surface area (Å²) >= 11 is 0. The van der Waals surface area contributed by atoms with Crippen molar-refractivity contribution in [3.05, 3.63) is 24.5 Å². The van der Waals surface area contributed by atoms with Gasteiger partial charge in [-0.2, -0.15) is 5.06 Å². The van der Waals surface area contributed by atoms with Gasteiger partial charge in [-0.15, -0.1) is 0 Å². The Morgan fingerprint density at radius 3 is 2.43 bits per heavy atom. The molecule has 3 aliphatic rings. The van der Waals surface area contributed by atoms with E-state index in [2.05, 4.69) is 9.88 Å². The lowest BCUT2D eigenvalue weighted by molar-refractivity contribution is -0.179. The fourth-order valence-corrected chi connectivity index (χ4v) is 3.91. The maximum atomic E-state index is 12.7. The molecule has 1 atom stereocenters. The van der Waals surface area contributed by atoms with Gasteiger partial charge in [0.2, 0.25) is 5.91 Å². The van der Waals surface area contributed by atoms with E-state index in [0.29, 0.717) is 12.0 Å². The fourth-order valence-electron chi connectivity index (χ4n) is 3.91. The third-order valence-electron chi connectivity index (χ3n) is 5.67. The third kappa shape index (κ3) is 2.93. The predicted octanol–water partition coefficient (Wildman–Crippen LogP) is 1.36. The van der Waals surface area contributed by atoms with Crippen molar-refractivity contribution in [1.29, 1.82) is 0 Å². The maximum Gasteiger partial charge on any atom is 0.242 e. The highest BCUT2D eigenvalue weighted by Gasteiger charge is 2.49. The van der Waals surface area contributed by atoms with Gasteiger partial charge in [0.1, 0.15) is 6.04 Å². The van der Waals surface area contributed by atoms with Gasteiger partial charge in [-0.25, -0.2) is 0 Å². The van der Waals surface area contributed by atoms with E-state index < -0.39 is 0 Å². The van der Waals surface area contributed by atoms with Crippen molar-refractivity contribution >= 4 is 11.6 Å². The van der Waals surface area contributed by atoms with Crippen molar-refractivity contribution in [3.8, 4) is 0 Å². The van der Waals surface area contributed by atoms with Crippen LogP contribution >= 0.6 is 0 Å². The van der Waals surface area contributed by atoms with Gasteiger partial charge >= 0.3 is 0 Å². The van der Waals surface area contributed by atoms with Crippen molar-refractivity contribution in [1.82, 2.24) is 14.9 Å². The number of hydrogen-bond acceptors (Lipinski definition) is 5. The van der Waals surface area contributed by atoms with Crippen molar-refractivity contribution in [2.24, 2.45) is 5.41 Å². The van der Waals surface area contributed by atoms with E-state index in [0.717, 1.165) is 44.7 Å². The molecule has 0 aromatic carbocycles. The molecule has 124 valence electrons. The van der Waals surface area contributed by atoms with Crippen LogP contribution in [0.25, 0.3) is 0 Å². The minimum Gasteiger partial charge on any atom is -0.368 e. The number of hydroxylamine groups is 2. The zero-order valence-electron chi connectivity index (χ0n) is 13.4. The molecule has 1 aliphatic carbocycles. The molecule has 1 amide bonds. The van der Waals surface area contributed by atoms with Crippen LogP contribution in [0.15, 0.2) is 24.5 Å². The molecule has 1 N–H and O–H groups in total. The number of aromatic nitrogens is 1. The number of pyridine rings is 1. The predicted molar refractivity (Wildman–Crippen MR) is 86.2 cm³/mol. The summed E-state index contributed by atoms with van der Waals surface area (Å²) in [7, 11) is 0. The van der Waals surface area contributed by atoms with Crippen LogP contribution in [0.2, 0.25) is 0 Å². The van der Waals surface area contributed by atoms with Gasteiger partial charge in [0.15, 0.2) is 0 Å². The summed E-state index contributed by atoms with van der Waals surface area (Å²) in [6, 6.07) is 3.67. The van der Waals surface area contributed by atoms with Crippen molar-refractivity contribution < 1.29 is 10.0 Å². The first kappa shape index (κ1) is 14.9. The lowest BCUT2D eigenvalue weighted by Gasteiger charge is -2.41. The average molecular weight is 316 g/mol. The van der Waals surface area contributed by atoms with E-state index in [4.69, 9.17) is 0 Å². The van der Waals surface area contributed by atoms with Crippen LogP contribution in [0, 0.1) is 5.41 Å². The van der Waals surface area contributed by atoms with Crippen LogP contribution in [-0.2, 0) is 4.79 Å². The van der Waals surface area contributed by atoms with Crippen LogP contribution in [-0.4, -0.2) is 64.8 Å². The number of anilines is 1. The Bertz CT molecular complexity index is 567. The molecule has 2 aliphatic heterocycles. The first-order valence-corrected chi connectivity index (χ1v) is 8.56. The van der Waals surface area contributed by atoms with Crippen LogP contribution < -0.4 is 4.90 Å². The van der Waals surface area contributed by atoms with Crippen LogP contribution in [0.3, 0.4) is 0 Å². The molecule has 1 aromatic heterocycles. The number of amides is 1. The highest BCUT2D eigenvalue weighted by atomic mass is 16.5. The molecule has 3 fully saturated rings. The highest BCUT2D eigenvalue weighted by Crippen LogP contribution is 2.52. The van der Waals surface area contributed by atoms with E-state index in [1.165, 1.54) is 17.9 Å². The summed E-state index contributed by atoms with van der Waals surface area (Å²) in [4.78, 5) is 21.0. The molecule has 6 nitrogen and oxygen atoms in total. The number of carbonyl (C=O) groups is 1. The van der Waals surface area contributed by atoms with Gasteiger partial charge in [0.25, 0.3) is 0 Å². The number of rotatable bonds is 2. The second-order valence-electron chi connectivity index (χ2n) is 7.17. The van der Waals surface area contributed by atoms with Gasteiger partial charge in [0, 0.05) is 50.8 Å². The second kappa shape index (κ2) is 5.76. The smallest absolute Gasteiger partial charge is 0.242 e. The van der Waals surface area contributed by atoms with Crippen LogP contribution in [0.5, 0.6) is 0 Å². The number of nitrogens with zero attached hydrogens (tertiary/aromatic N) is 4. The molecular weight excluding hydrogens is 292 g/mol. The lowest BCUT2D eigenvalue weighted by Crippen LogP contribution is -2.56. The minimum atomic E-state index is -0.339. The molecule has 1 aromatic rings. The summed E-state index contributed by atoms with van der Waals surface area (Å²) in [5, 5.41) is 11.6. The first-order valence-electron chi connectivity index (χ1n) is 8.56. The standard InChI is InChI=1S/C17H24N4O2/c22-16(15-1-4-17(5-6-17)13-21(15)23)20-11-9-19(10-12-20)14-2-7-18-8-3-14/h2-3,7-8,15,23H,1,4-6,9-13H2. The lowest BCUT2D eigenvalue weighted by atomic mass is 9.91. The Labute approximate surface area is 136 Å². The molecule has 1 spiro atoms. The Hall–Kier alpha value is -1.66. The van der Waals surface area contributed by atoms with E-state index in [1.807, 2.05) is 17.0 Å². The SMILES string of the molecule is O=C(C1CCC2(CC2)CN1O)N1CCN(c2ccncc2)CC1. The molecule has 3 heterocycles. The summed E-state index contributed by atoms with van der Waals surface area (Å²) in [6.07, 6.45) is 7.88. The van der Waals surface area contributed by atoms with Gasteiger partial charge in [-0.05, 0) is 43.2 Å². The maximum absolute atomic E-state index is 12.7. The summed E-state index contributed by atoms with van der Waals surface area (Å²) < 4.78 is 0. The molecule has 2 saturated heterocycles. The van der Waals surface area contributed by atoms with Crippen molar-refractivity contribution in [2.45, 2.75) is 31.7 Å². The molecule has 23 heavy (non-hydrogen) atoms. The number of carbonyl (C=O) groups excluding carboxylic acids is 1. The zero-order valence-corrected chi connectivity index (χ0v) is 13.4. The molecule has 0 radical (unpaired) electrons. The van der Waals surface area contributed by atoms with Gasteiger partial charge in [0.05, 0.1) is 0 Å². The van der Waals surface area contributed by atoms with Crippen molar-refractivity contribution in [3.63, 3.8) is 0 Å². The molecule has 0 bridgehead atoms. The third-order valence-corrected chi connectivity index (χ3v) is 5.67. The largest absolute Gasteiger partial charge is 0.368 e. The monoisotopic (exact) mass is 316 g/mol. The minimum absolute atomic E-state index is 0.0948. The summed E-state index contributed by atoms with van der Waals surface area (Å²) in [6.45, 7) is 3.77. The highest BCUT2D eigenvalue weighted by molar-refractivity contribution is 5.82. The van der Waals surface area contributed by atoms with Crippen molar-refractivity contribution in [2.75, 3.05) is 37.6 Å². The fraction of sp³-hybridized carbons (Fsp3) is 0.647. The van der Waals surface area contributed by atoms with Gasteiger partial charge in [-0.1, -0.05) is 0 Å². The Morgan fingerprint density at radius 2 is 1.83 bits per heavy atom. The topological polar surface area (TPSA) is 59.9 Å². The Kier molecular flexibility index (Phi) is 3.73. The molecule has 4 rings (SSSR count).